The van der Waals surface area contributed by atoms with E-state index >= 15 is 0 Å². The molecular formula is C22H24FN3O5. The van der Waals surface area contributed by atoms with E-state index in [1.54, 1.807) is 16.6 Å². The molecule has 4 rings (SSSR count). The minimum absolute atomic E-state index is 0.0876. The van der Waals surface area contributed by atoms with Crippen molar-refractivity contribution in [2.24, 2.45) is 0 Å². The Bertz CT molecular complexity index is 1090. The van der Waals surface area contributed by atoms with Crippen LogP contribution in [0.15, 0.2) is 35.3 Å². The zero-order chi connectivity index (χ0) is 22.3. The molecule has 0 radical (unpaired) electrons. The number of methoxy groups -OCH3 is 1. The Hall–Kier alpha value is -3.20. The molecule has 1 aromatic carbocycles. The molecule has 1 fully saturated rings. The van der Waals surface area contributed by atoms with Crippen LogP contribution in [0.1, 0.15) is 52.2 Å². The van der Waals surface area contributed by atoms with E-state index in [1.165, 1.54) is 30.5 Å². The summed E-state index contributed by atoms with van der Waals surface area (Å²) < 4.78 is 19.7. The topological polar surface area (TPSA) is 101 Å². The first-order chi connectivity index (χ1) is 14.8. The maximum absolute atomic E-state index is 13.1. The standard InChI is InChI=1S/C22H24FN3O5/c1-13-22(7-8-22)26(9-10-31-2)21(30)17-19(28)18(27)16(12-25(13)17)20(29)24-11-14-3-5-15(23)6-4-14/h3-6,12-13,28H,7-11H2,1-2H3,(H,24,29)/t13-/m0/s1. The summed E-state index contributed by atoms with van der Waals surface area (Å²) in [5.41, 5.74) is -1.01. The van der Waals surface area contributed by atoms with E-state index in [-0.39, 0.29) is 29.7 Å². The van der Waals surface area contributed by atoms with Crippen LogP contribution in [0.5, 0.6) is 5.75 Å². The van der Waals surface area contributed by atoms with Gasteiger partial charge in [-0.2, -0.15) is 0 Å². The third kappa shape index (κ3) is 3.48. The van der Waals surface area contributed by atoms with Crippen molar-refractivity contribution in [1.29, 1.82) is 0 Å². The molecule has 0 bridgehead atoms. The number of fused-ring (bicyclic) bond motifs is 1. The minimum atomic E-state index is -0.901. The Morgan fingerprint density at radius 1 is 1.29 bits per heavy atom. The Balaban J connectivity index is 1.66. The molecule has 31 heavy (non-hydrogen) atoms. The number of ether oxygens (including phenoxy) is 1. The van der Waals surface area contributed by atoms with Gasteiger partial charge < -0.3 is 24.6 Å². The fourth-order valence-electron chi connectivity index (χ4n) is 4.32. The first-order valence-electron chi connectivity index (χ1n) is 10.1. The van der Waals surface area contributed by atoms with Crippen LogP contribution in [0.2, 0.25) is 0 Å². The number of benzene rings is 1. The third-order valence-electron chi connectivity index (χ3n) is 6.28. The lowest BCUT2D eigenvalue weighted by Gasteiger charge is -2.43. The quantitative estimate of drug-likeness (QED) is 0.730. The molecule has 2 aliphatic rings. The van der Waals surface area contributed by atoms with Gasteiger partial charge in [-0.15, -0.1) is 0 Å². The van der Waals surface area contributed by atoms with Crippen LogP contribution < -0.4 is 10.7 Å². The third-order valence-corrected chi connectivity index (χ3v) is 6.28. The number of nitrogens with zero attached hydrogens (tertiary/aromatic N) is 2. The molecule has 1 saturated carbocycles. The zero-order valence-electron chi connectivity index (χ0n) is 17.4. The van der Waals surface area contributed by atoms with Crippen molar-refractivity contribution in [3.05, 3.63) is 63.3 Å². The second-order valence-electron chi connectivity index (χ2n) is 8.01. The van der Waals surface area contributed by atoms with Gasteiger partial charge in [0.05, 0.1) is 18.2 Å². The van der Waals surface area contributed by atoms with E-state index in [0.717, 1.165) is 12.8 Å². The highest BCUT2D eigenvalue weighted by Crippen LogP contribution is 2.53. The van der Waals surface area contributed by atoms with E-state index in [4.69, 9.17) is 4.74 Å². The molecule has 0 saturated heterocycles. The molecule has 2 aromatic rings. The highest BCUT2D eigenvalue weighted by Gasteiger charge is 2.58. The van der Waals surface area contributed by atoms with Gasteiger partial charge in [-0.3, -0.25) is 14.4 Å². The van der Waals surface area contributed by atoms with Crippen molar-refractivity contribution < 1.29 is 23.8 Å². The molecule has 8 nitrogen and oxygen atoms in total. The molecule has 164 valence electrons. The van der Waals surface area contributed by atoms with Crippen LogP contribution in [0.4, 0.5) is 4.39 Å². The number of aromatic nitrogens is 1. The number of nitrogens with one attached hydrogen (secondary N) is 1. The molecule has 1 aromatic heterocycles. The van der Waals surface area contributed by atoms with Crippen molar-refractivity contribution in [3.8, 4) is 5.75 Å². The molecule has 2 heterocycles. The van der Waals surface area contributed by atoms with Crippen LogP contribution >= 0.6 is 0 Å². The number of carbonyl (C=O) groups excluding carboxylic acids is 2. The second kappa shape index (κ2) is 7.81. The van der Waals surface area contributed by atoms with Gasteiger partial charge >= 0.3 is 0 Å². The van der Waals surface area contributed by atoms with Crippen molar-refractivity contribution in [2.45, 2.75) is 37.9 Å². The van der Waals surface area contributed by atoms with Gasteiger partial charge in [-0.1, -0.05) is 12.1 Å². The lowest BCUT2D eigenvalue weighted by molar-refractivity contribution is 0.0379. The van der Waals surface area contributed by atoms with Gasteiger partial charge in [-0.05, 0) is 37.5 Å². The Labute approximate surface area is 178 Å². The van der Waals surface area contributed by atoms with Crippen LogP contribution in [0.25, 0.3) is 0 Å². The molecule has 1 aliphatic heterocycles. The maximum atomic E-state index is 13.1. The number of amides is 2. The van der Waals surface area contributed by atoms with Crippen molar-refractivity contribution >= 4 is 11.8 Å². The number of hydrogen-bond donors (Lipinski definition) is 2. The summed E-state index contributed by atoms with van der Waals surface area (Å²) in [4.78, 5) is 40.2. The zero-order valence-corrected chi connectivity index (χ0v) is 17.4. The number of aromatic hydroxyl groups is 1. The highest BCUT2D eigenvalue weighted by atomic mass is 19.1. The van der Waals surface area contributed by atoms with Crippen LogP contribution in [-0.4, -0.2) is 52.2 Å². The lowest BCUT2D eigenvalue weighted by atomic mass is 9.98. The van der Waals surface area contributed by atoms with E-state index in [0.29, 0.717) is 18.7 Å². The van der Waals surface area contributed by atoms with Gasteiger partial charge in [0.2, 0.25) is 5.43 Å². The summed E-state index contributed by atoms with van der Waals surface area (Å²) in [6, 6.07) is 5.38. The molecule has 1 spiro atoms. The fraction of sp³-hybridized carbons (Fsp3) is 0.409. The first kappa shape index (κ1) is 21.0. The summed E-state index contributed by atoms with van der Waals surface area (Å²) in [6.45, 7) is 2.69. The average molecular weight is 429 g/mol. The normalized spacial score (nSPS) is 18.7. The molecule has 1 aliphatic carbocycles. The first-order valence-corrected chi connectivity index (χ1v) is 10.1. The van der Waals surface area contributed by atoms with Crippen molar-refractivity contribution in [3.63, 3.8) is 0 Å². The summed E-state index contributed by atoms with van der Waals surface area (Å²) >= 11 is 0. The maximum Gasteiger partial charge on any atom is 0.275 e. The van der Waals surface area contributed by atoms with Crippen molar-refractivity contribution in [1.82, 2.24) is 14.8 Å². The monoisotopic (exact) mass is 429 g/mol. The SMILES string of the molecule is COCCN1C(=O)c2c(O)c(=O)c(C(=O)NCc3ccc(F)cc3)cn2[C@@H](C)C12CC2. The average Bonchev–Trinajstić information content (AvgIpc) is 3.55. The van der Waals surface area contributed by atoms with Crippen LogP contribution in [0, 0.1) is 5.82 Å². The van der Waals surface area contributed by atoms with Gasteiger partial charge in [0.15, 0.2) is 11.4 Å². The summed E-state index contributed by atoms with van der Waals surface area (Å²) in [5.74, 6) is -2.24. The fourth-order valence-corrected chi connectivity index (χ4v) is 4.32. The van der Waals surface area contributed by atoms with Crippen LogP contribution in [-0.2, 0) is 11.3 Å². The van der Waals surface area contributed by atoms with Crippen molar-refractivity contribution in [2.75, 3.05) is 20.3 Å². The molecule has 0 unspecified atom stereocenters. The Morgan fingerprint density at radius 2 is 1.97 bits per heavy atom. The summed E-state index contributed by atoms with van der Waals surface area (Å²) in [6.07, 6.45) is 2.94. The van der Waals surface area contributed by atoms with Crippen LogP contribution in [0.3, 0.4) is 0 Å². The van der Waals surface area contributed by atoms with E-state index in [2.05, 4.69) is 5.32 Å². The van der Waals surface area contributed by atoms with E-state index in [9.17, 15) is 23.9 Å². The summed E-state index contributed by atoms with van der Waals surface area (Å²) in [7, 11) is 1.55. The van der Waals surface area contributed by atoms with Gasteiger partial charge in [0, 0.05) is 26.4 Å². The molecule has 9 heteroatoms. The molecular weight excluding hydrogens is 405 g/mol. The predicted molar refractivity (Wildman–Crippen MR) is 110 cm³/mol. The number of carbonyl (C=O) groups is 2. The van der Waals surface area contributed by atoms with E-state index in [1.807, 2.05) is 6.92 Å². The molecule has 2 N–H and O–H groups in total. The Morgan fingerprint density at radius 3 is 2.58 bits per heavy atom. The smallest absolute Gasteiger partial charge is 0.275 e. The Kier molecular flexibility index (Phi) is 5.30. The predicted octanol–water partition coefficient (Wildman–Crippen LogP) is 1.82. The number of hydrogen-bond acceptors (Lipinski definition) is 5. The van der Waals surface area contributed by atoms with Gasteiger partial charge in [0.1, 0.15) is 11.4 Å². The largest absolute Gasteiger partial charge is 0.503 e. The number of halogens is 1. The molecule has 2 amide bonds. The van der Waals surface area contributed by atoms with Gasteiger partial charge in [-0.25, -0.2) is 4.39 Å². The number of rotatable bonds is 6. The summed E-state index contributed by atoms with van der Waals surface area (Å²) in [5, 5.41) is 13.2. The van der Waals surface area contributed by atoms with E-state index < -0.39 is 28.5 Å². The molecule has 1 atom stereocenters. The number of pyridine rings is 1. The second-order valence-corrected chi connectivity index (χ2v) is 8.01. The highest BCUT2D eigenvalue weighted by molar-refractivity contribution is 5.99. The van der Waals surface area contributed by atoms with Gasteiger partial charge in [0.25, 0.3) is 11.8 Å². The lowest BCUT2D eigenvalue weighted by Crippen LogP contribution is -2.54. The minimum Gasteiger partial charge on any atom is -0.503 e.